The molecule has 4 aliphatic rings. The molecule has 3 fully saturated rings. The third kappa shape index (κ3) is 1.66. The van der Waals surface area contributed by atoms with Crippen LogP contribution in [-0.2, 0) is 9.59 Å². The van der Waals surface area contributed by atoms with E-state index < -0.39 is 5.41 Å². The van der Waals surface area contributed by atoms with E-state index in [1.807, 2.05) is 6.92 Å². The summed E-state index contributed by atoms with van der Waals surface area (Å²) >= 11 is 0. The quantitative estimate of drug-likeness (QED) is 0.700. The molecule has 4 rings (SSSR count). The van der Waals surface area contributed by atoms with Gasteiger partial charge in [0.15, 0.2) is 0 Å². The lowest BCUT2D eigenvalue weighted by Gasteiger charge is -2.59. The van der Waals surface area contributed by atoms with Gasteiger partial charge in [-0.15, -0.1) is 0 Å². The Morgan fingerprint density at radius 3 is 2.59 bits per heavy atom. The molecule has 0 spiro atoms. The van der Waals surface area contributed by atoms with Crippen LogP contribution in [0.2, 0.25) is 0 Å². The van der Waals surface area contributed by atoms with Gasteiger partial charge in [-0.25, -0.2) is 0 Å². The summed E-state index contributed by atoms with van der Waals surface area (Å²) in [7, 11) is 0. The van der Waals surface area contributed by atoms with Crippen LogP contribution in [0.15, 0.2) is 11.6 Å². The third-order valence-electron chi connectivity index (χ3n) is 7.65. The SMILES string of the molecule is C[C@]12CC[C@H]3[C@@H](CCC4C(O)CCC[C@@]43C)C1=CC(=O)C2=O. The highest BCUT2D eigenvalue weighted by molar-refractivity contribution is 6.46. The summed E-state index contributed by atoms with van der Waals surface area (Å²) < 4.78 is 0. The van der Waals surface area contributed by atoms with E-state index in [-0.39, 0.29) is 23.1 Å². The van der Waals surface area contributed by atoms with Crippen LogP contribution in [-0.4, -0.2) is 22.8 Å². The number of aliphatic hydroxyl groups is 1. The van der Waals surface area contributed by atoms with Crippen molar-refractivity contribution in [1.29, 1.82) is 0 Å². The zero-order valence-electron chi connectivity index (χ0n) is 13.6. The average molecular weight is 302 g/mol. The Morgan fingerprint density at radius 1 is 1.05 bits per heavy atom. The first kappa shape index (κ1) is 14.6. The zero-order valence-corrected chi connectivity index (χ0v) is 13.6. The first-order chi connectivity index (χ1) is 10.4. The molecule has 0 aliphatic heterocycles. The number of ketones is 2. The minimum atomic E-state index is -0.519. The van der Waals surface area contributed by atoms with E-state index in [9.17, 15) is 14.7 Å². The van der Waals surface area contributed by atoms with E-state index >= 15 is 0 Å². The largest absolute Gasteiger partial charge is 0.393 e. The van der Waals surface area contributed by atoms with Gasteiger partial charge in [0.1, 0.15) is 0 Å². The smallest absolute Gasteiger partial charge is 0.222 e. The van der Waals surface area contributed by atoms with Crippen molar-refractivity contribution in [2.45, 2.75) is 64.9 Å². The molecule has 0 amide bonds. The van der Waals surface area contributed by atoms with Crippen LogP contribution in [0.5, 0.6) is 0 Å². The van der Waals surface area contributed by atoms with Crippen molar-refractivity contribution in [2.75, 3.05) is 0 Å². The molecule has 22 heavy (non-hydrogen) atoms. The second-order valence-corrected chi connectivity index (χ2v) is 8.53. The van der Waals surface area contributed by atoms with E-state index in [1.165, 1.54) is 6.42 Å². The highest BCUT2D eigenvalue weighted by Gasteiger charge is 2.59. The summed E-state index contributed by atoms with van der Waals surface area (Å²) in [6, 6.07) is 0. The number of hydrogen-bond donors (Lipinski definition) is 1. The molecule has 0 aromatic rings. The molecular formula is C19H26O3. The second kappa shape index (κ2) is 4.53. The fourth-order valence-electron chi connectivity index (χ4n) is 6.41. The molecule has 0 bridgehead atoms. The summed E-state index contributed by atoms with van der Waals surface area (Å²) in [5.74, 6) is 0.839. The van der Waals surface area contributed by atoms with Gasteiger partial charge < -0.3 is 5.11 Å². The van der Waals surface area contributed by atoms with E-state index in [1.54, 1.807) is 6.08 Å². The van der Waals surface area contributed by atoms with E-state index in [0.29, 0.717) is 17.8 Å². The van der Waals surface area contributed by atoms with E-state index in [2.05, 4.69) is 6.92 Å². The van der Waals surface area contributed by atoms with Crippen molar-refractivity contribution in [2.24, 2.45) is 28.6 Å². The number of rotatable bonds is 0. The highest BCUT2D eigenvalue weighted by Crippen LogP contribution is 2.63. The molecular weight excluding hydrogens is 276 g/mol. The van der Waals surface area contributed by atoms with Gasteiger partial charge in [0.2, 0.25) is 11.6 Å². The maximum atomic E-state index is 12.3. The molecule has 0 radical (unpaired) electrons. The van der Waals surface area contributed by atoms with Crippen molar-refractivity contribution >= 4 is 11.6 Å². The lowest BCUT2D eigenvalue weighted by atomic mass is 9.46. The zero-order chi connectivity index (χ0) is 15.7. The van der Waals surface area contributed by atoms with Gasteiger partial charge in [-0.2, -0.15) is 0 Å². The topological polar surface area (TPSA) is 54.4 Å². The average Bonchev–Trinajstić information content (AvgIpc) is 2.71. The first-order valence-electron chi connectivity index (χ1n) is 8.87. The van der Waals surface area contributed by atoms with Crippen molar-refractivity contribution in [3.63, 3.8) is 0 Å². The summed E-state index contributed by atoms with van der Waals surface area (Å²) in [6.07, 6.45) is 8.64. The van der Waals surface area contributed by atoms with Gasteiger partial charge in [-0.3, -0.25) is 9.59 Å². The molecule has 3 nitrogen and oxygen atoms in total. The standard InChI is InChI=1S/C19H26O3/c1-18-8-3-4-15(20)13(18)6-5-11-12(18)7-9-19(2)14(11)10-16(21)17(19)22/h10-13,15,20H,3-9H2,1-2H3/t11-,12+,13?,15?,18-,19+/m1/s1. The Hall–Kier alpha value is -0.960. The molecule has 3 saturated carbocycles. The molecule has 0 saturated heterocycles. The van der Waals surface area contributed by atoms with Crippen molar-refractivity contribution in [3.8, 4) is 0 Å². The van der Waals surface area contributed by atoms with Gasteiger partial charge in [0.05, 0.1) is 11.5 Å². The summed E-state index contributed by atoms with van der Waals surface area (Å²) in [5.41, 5.74) is 0.782. The summed E-state index contributed by atoms with van der Waals surface area (Å²) in [4.78, 5) is 24.3. The fourth-order valence-corrected chi connectivity index (χ4v) is 6.41. The molecule has 0 heterocycles. The predicted molar refractivity (Wildman–Crippen MR) is 83.1 cm³/mol. The molecule has 4 aliphatic carbocycles. The van der Waals surface area contributed by atoms with Crippen LogP contribution in [0.1, 0.15) is 58.8 Å². The lowest BCUT2D eigenvalue weighted by Crippen LogP contribution is -2.53. The second-order valence-electron chi connectivity index (χ2n) is 8.53. The predicted octanol–water partition coefficient (Wildman–Crippen LogP) is 3.06. The Labute approximate surface area is 132 Å². The van der Waals surface area contributed by atoms with Gasteiger partial charge >= 0.3 is 0 Å². The number of hydrogen-bond acceptors (Lipinski definition) is 3. The number of Topliss-reactive ketones (excluding diaryl/α,β-unsaturated/α-hetero) is 1. The molecule has 0 aromatic heterocycles. The summed E-state index contributed by atoms with van der Waals surface area (Å²) in [5, 5.41) is 10.5. The van der Waals surface area contributed by atoms with Crippen LogP contribution >= 0.6 is 0 Å². The molecule has 6 atom stereocenters. The van der Waals surface area contributed by atoms with Gasteiger partial charge in [-0.05, 0) is 80.3 Å². The number of carbonyl (C=O) groups is 2. The Morgan fingerprint density at radius 2 is 1.82 bits per heavy atom. The first-order valence-corrected chi connectivity index (χ1v) is 8.87. The van der Waals surface area contributed by atoms with Gasteiger partial charge in [-0.1, -0.05) is 13.3 Å². The molecule has 1 N–H and O–H groups in total. The Bertz CT molecular complexity index is 577. The van der Waals surface area contributed by atoms with Crippen molar-refractivity contribution < 1.29 is 14.7 Å². The van der Waals surface area contributed by atoms with Gasteiger partial charge in [0, 0.05) is 0 Å². The minimum absolute atomic E-state index is 0.158. The van der Waals surface area contributed by atoms with Crippen LogP contribution in [0.25, 0.3) is 0 Å². The minimum Gasteiger partial charge on any atom is -0.393 e. The van der Waals surface area contributed by atoms with Crippen LogP contribution in [0.3, 0.4) is 0 Å². The maximum absolute atomic E-state index is 12.3. The number of aliphatic hydroxyl groups excluding tert-OH is 1. The van der Waals surface area contributed by atoms with E-state index in [0.717, 1.165) is 44.1 Å². The number of fused-ring (bicyclic) bond motifs is 5. The fraction of sp³-hybridized carbons (Fsp3) is 0.789. The molecule has 2 unspecified atom stereocenters. The monoisotopic (exact) mass is 302 g/mol. The Balaban J connectivity index is 1.73. The van der Waals surface area contributed by atoms with Gasteiger partial charge in [0.25, 0.3) is 0 Å². The Kier molecular flexibility index (Phi) is 3.01. The normalized spacial score (nSPS) is 51.0. The molecule has 3 heteroatoms. The molecule has 120 valence electrons. The maximum Gasteiger partial charge on any atom is 0.222 e. The lowest BCUT2D eigenvalue weighted by molar-refractivity contribution is -0.140. The molecule has 0 aromatic carbocycles. The van der Waals surface area contributed by atoms with E-state index in [4.69, 9.17) is 0 Å². The van der Waals surface area contributed by atoms with Crippen LogP contribution in [0, 0.1) is 28.6 Å². The number of carbonyl (C=O) groups excluding carboxylic acids is 2. The third-order valence-corrected chi connectivity index (χ3v) is 7.65. The van der Waals surface area contributed by atoms with Crippen LogP contribution in [0.4, 0.5) is 0 Å². The summed E-state index contributed by atoms with van der Waals surface area (Å²) in [6.45, 7) is 4.34. The van der Waals surface area contributed by atoms with Crippen molar-refractivity contribution in [1.82, 2.24) is 0 Å². The van der Waals surface area contributed by atoms with Crippen LogP contribution < -0.4 is 0 Å². The highest BCUT2D eigenvalue weighted by atomic mass is 16.3. The number of allylic oxidation sites excluding steroid dienone is 2. The van der Waals surface area contributed by atoms with Crippen molar-refractivity contribution in [3.05, 3.63) is 11.6 Å².